The SMILES string of the molecule is O=[N+]([O-])c1cccc(C2NC(=S)NC3OCCCC32)c1. The number of fused-ring (bicyclic) bond motifs is 1. The molecule has 0 aliphatic carbocycles. The summed E-state index contributed by atoms with van der Waals surface area (Å²) in [5.74, 6) is 0.220. The zero-order chi connectivity index (χ0) is 14.1. The lowest BCUT2D eigenvalue weighted by molar-refractivity contribution is -0.384. The first-order chi connectivity index (χ1) is 9.65. The minimum absolute atomic E-state index is 0.0473. The molecule has 0 radical (unpaired) electrons. The van der Waals surface area contributed by atoms with Crippen molar-refractivity contribution >= 4 is 23.0 Å². The molecule has 2 heterocycles. The van der Waals surface area contributed by atoms with Gasteiger partial charge in [0.05, 0.1) is 11.0 Å². The van der Waals surface area contributed by atoms with Crippen molar-refractivity contribution < 1.29 is 9.66 Å². The first-order valence-corrected chi connectivity index (χ1v) is 6.99. The summed E-state index contributed by atoms with van der Waals surface area (Å²) in [7, 11) is 0. The van der Waals surface area contributed by atoms with Gasteiger partial charge in [-0.05, 0) is 30.6 Å². The van der Waals surface area contributed by atoms with Crippen LogP contribution >= 0.6 is 12.2 Å². The van der Waals surface area contributed by atoms with E-state index in [1.54, 1.807) is 12.1 Å². The molecule has 0 bridgehead atoms. The van der Waals surface area contributed by atoms with Crippen molar-refractivity contribution in [3.8, 4) is 0 Å². The molecule has 106 valence electrons. The predicted octanol–water partition coefficient (Wildman–Crippen LogP) is 1.87. The Morgan fingerprint density at radius 1 is 1.40 bits per heavy atom. The van der Waals surface area contributed by atoms with Crippen LogP contribution < -0.4 is 10.6 Å². The standard InChI is InChI=1S/C13H15N3O3S/c17-16(18)9-4-1-3-8(7-9)11-10-5-2-6-19-12(10)15-13(20)14-11/h1,3-4,7,10-12H,2,5-6H2,(H2,14,15,20). The Morgan fingerprint density at radius 2 is 2.25 bits per heavy atom. The molecule has 0 spiro atoms. The van der Waals surface area contributed by atoms with Crippen LogP contribution in [-0.2, 0) is 4.74 Å². The molecule has 2 N–H and O–H groups in total. The quantitative estimate of drug-likeness (QED) is 0.492. The van der Waals surface area contributed by atoms with Gasteiger partial charge in [0.1, 0.15) is 6.23 Å². The first-order valence-electron chi connectivity index (χ1n) is 6.58. The molecule has 3 atom stereocenters. The van der Waals surface area contributed by atoms with Crippen molar-refractivity contribution in [2.45, 2.75) is 25.1 Å². The van der Waals surface area contributed by atoms with Gasteiger partial charge in [-0.15, -0.1) is 0 Å². The van der Waals surface area contributed by atoms with Crippen molar-refractivity contribution in [1.29, 1.82) is 0 Å². The van der Waals surface area contributed by atoms with Crippen LogP contribution in [0.3, 0.4) is 0 Å². The minimum Gasteiger partial charge on any atom is -0.358 e. The van der Waals surface area contributed by atoms with Crippen LogP contribution in [0, 0.1) is 16.0 Å². The van der Waals surface area contributed by atoms with Crippen molar-refractivity contribution in [2.24, 2.45) is 5.92 Å². The summed E-state index contributed by atoms with van der Waals surface area (Å²) in [6.07, 6.45) is 1.88. The van der Waals surface area contributed by atoms with Gasteiger partial charge in [-0.2, -0.15) is 0 Å². The molecule has 0 saturated carbocycles. The second-order valence-electron chi connectivity index (χ2n) is 5.05. The average molecular weight is 293 g/mol. The normalized spacial score (nSPS) is 29.0. The number of hydrogen-bond acceptors (Lipinski definition) is 4. The molecule has 1 aromatic rings. The van der Waals surface area contributed by atoms with Crippen molar-refractivity contribution in [2.75, 3.05) is 6.61 Å². The Bertz CT molecular complexity index is 551. The number of thiocarbonyl (C=S) groups is 1. The number of nitrogens with one attached hydrogen (secondary N) is 2. The molecule has 3 unspecified atom stereocenters. The summed E-state index contributed by atoms with van der Waals surface area (Å²) in [5, 5.41) is 17.8. The van der Waals surface area contributed by atoms with Crippen LogP contribution in [0.1, 0.15) is 24.4 Å². The largest absolute Gasteiger partial charge is 0.358 e. The molecule has 2 fully saturated rings. The Morgan fingerprint density at radius 3 is 3.05 bits per heavy atom. The fourth-order valence-electron chi connectivity index (χ4n) is 2.88. The molecular formula is C13H15N3O3S. The number of ether oxygens (including phenoxy) is 1. The highest BCUT2D eigenvalue weighted by molar-refractivity contribution is 7.80. The number of nitro benzene ring substituents is 1. The van der Waals surface area contributed by atoms with E-state index < -0.39 is 0 Å². The van der Waals surface area contributed by atoms with Crippen LogP contribution in [0.4, 0.5) is 5.69 Å². The molecule has 2 saturated heterocycles. The van der Waals surface area contributed by atoms with E-state index in [2.05, 4.69) is 10.6 Å². The lowest BCUT2D eigenvalue weighted by Gasteiger charge is -2.43. The second-order valence-corrected chi connectivity index (χ2v) is 5.45. The topological polar surface area (TPSA) is 76.4 Å². The zero-order valence-corrected chi connectivity index (χ0v) is 11.6. The molecule has 7 heteroatoms. The van der Waals surface area contributed by atoms with Crippen LogP contribution in [0.15, 0.2) is 24.3 Å². The molecular weight excluding hydrogens is 278 g/mol. The summed E-state index contributed by atoms with van der Waals surface area (Å²) in [5.41, 5.74) is 0.977. The molecule has 2 aliphatic rings. The van der Waals surface area contributed by atoms with E-state index in [-0.39, 0.29) is 28.8 Å². The van der Waals surface area contributed by atoms with E-state index in [9.17, 15) is 10.1 Å². The fraction of sp³-hybridized carbons (Fsp3) is 0.462. The lowest BCUT2D eigenvalue weighted by atomic mass is 9.85. The van der Waals surface area contributed by atoms with Gasteiger partial charge in [0.25, 0.3) is 5.69 Å². The van der Waals surface area contributed by atoms with E-state index in [0.29, 0.717) is 5.11 Å². The predicted molar refractivity (Wildman–Crippen MR) is 77.2 cm³/mol. The zero-order valence-electron chi connectivity index (χ0n) is 10.7. The second kappa shape index (κ2) is 5.34. The van der Waals surface area contributed by atoms with E-state index in [4.69, 9.17) is 17.0 Å². The van der Waals surface area contributed by atoms with E-state index in [0.717, 1.165) is 25.0 Å². The van der Waals surface area contributed by atoms with Gasteiger partial charge in [0, 0.05) is 24.7 Å². The van der Waals surface area contributed by atoms with Gasteiger partial charge >= 0.3 is 0 Å². The van der Waals surface area contributed by atoms with Gasteiger partial charge in [-0.25, -0.2) is 0 Å². The molecule has 6 nitrogen and oxygen atoms in total. The number of rotatable bonds is 2. The molecule has 0 amide bonds. The van der Waals surface area contributed by atoms with Crippen LogP contribution in [0.5, 0.6) is 0 Å². The van der Waals surface area contributed by atoms with Crippen LogP contribution in [0.2, 0.25) is 0 Å². The van der Waals surface area contributed by atoms with Gasteiger partial charge in [0.2, 0.25) is 0 Å². The van der Waals surface area contributed by atoms with Gasteiger partial charge in [-0.1, -0.05) is 12.1 Å². The summed E-state index contributed by atoms with van der Waals surface area (Å²) in [6.45, 7) is 0.721. The smallest absolute Gasteiger partial charge is 0.269 e. The van der Waals surface area contributed by atoms with Gasteiger partial charge < -0.3 is 15.4 Å². The molecule has 3 rings (SSSR count). The van der Waals surface area contributed by atoms with Crippen molar-refractivity contribution in [3.63, 3.8) is 0 Å². The maximum absolute atomic E-state index is 10.9. The van der Waals surface area contributed by atoms with Crippen molar-refractivity contribution in [3.05, 3.63) is 39.9 Å². The summed E-state index contributed by atoms with van der Waals surface area (Å²) in [4.78, 5) is 10.5. The summed E-state index contributed by atoms with van der Waals surface area (Å²) < 4.78 is 5.71. The molecule has 0 aromatic heterocycles. The van der Waals surface area contributed by atoms with Gasteiger partial charge in [-0.3, -0.25) is 10.1 Å². The number of nitrogens with zero attached hydrogens (tertiary/aromatic N) is 1. The lowest BCUT2D eigenvalue weighted by Crippen LogP contribution is -2.58. The average Bonchev–Trinajstić information content (AvgIpc) is 2.46. The highest BCUT2D eigenvalue weighted by atomic mass is 32.1. The first kappa shape index (κ1) is 13.3. The maximum Gasteiger partial charge on any atom is 0.269 e. The number of benzene rings is 1. The Labute approximate surface area is 121 Å². The number of hydrogen-bond donors (Lipinski definition) is 2. The summed E-state index contributed by atoms with van der Waals surface area (Å²) >= 11 is 5.20. The third kappa shape index (κ3) is 2.46. The third-order valence-electron chi connectivity index (χ3n) is 3.80. The van der Waals surface area contributed by atoms with Gasteiger partial charge in [0.15, 0.2) is 5.11 Å². The monoisotopic (exact) mass is 293 g/mol. The van der Waals surface area contributed by atoms with Crippen LogP contribution in [-0.4, -0.2) is 22.9 Å². The van der Waals surface area contributed by atoms with E-state index in [1.807, 2.05) is 6.07 Å². The van der Waals surface area contributed by atoms with E-state index in [1.165, 1.54) is 6.07 Å². The van der Waals surface area contributed by atoms with Crippen LogP contribution in [0.25, 0.3) is 0 Å². The highest BCUT2D eigenvalue weighted by Crippen LogP contribution is 2.35. The molecule has 2 aliphatic heterocycles. The Kier molecular flexibility index (Phi) is 3.54. The molecule has 1 aromatic carbocycles. The molecule has 20 heavy (non-hydrogen) atoms. The fourth-order valence-corrected chi connectivity index (χ4v) is 3.12. The Hall–Kier alpha value is -1.73. The van der Waals surface area contributed by atoms with E-state index >= 15 is 0 Å². The number of non-ortho nitro benzene ring substituents is 1. The maximum atomic E-state index is 10.9. The summed E-state index contributed by atoms with van der Waals surface area (Å²) in [6, 6.07) is 6.66. The van der Waals surface area contributed by atoms with Crippen molar-refractivity contribution in [1.82, 2.24) is 10.6 Å². The number of nitro groups is 1. The third-order valence-corrected chi connectivity index (χ3v) is 4.03. The minimum atomic E-state index is -0.377. The Balaban J connectivity index is 1.92. The highest BCUT2D eigenvalue weighted by Gasteiger charge is 2.38.